The number of anilines is 8. The summed E-state index contributed by atoms with van der Waals surface area (Å²) in [5.41, 5.74) is 11.3. The molecule has 1 aromatic heterocycles. The van der Waals surface area contributed by atoms with Gasteiger partial charge in [0, 0.05) is 35.6 Å². The molecule has 0 bridgehead atoms. The number of benzene rings is 4. The number of carbonyl (C=O) groups is 2. The molecular weight excluding hydrogens is 771 g/mol. The molecule has 292 valence electrons. The van der Waals surface area contributed by atoms with Gasteiger partial charge in [0.05, 0.1) is 54.6 Å². The first kappa shape index (κ1) is 39.6. The van der Waals surface area contributed by atoms with Gasteiger partial charge in [0.1, 0.15) is 9.79 Å². The second-order valence-electron chi connectivity index (χ2n) is 11.9. The fraction of sp³-hybridized carbons (Fsp3) is 0.171. The lowest BCUT2D eigenvalue weighted by molar-refractivity contribution is 0.0547. The van der Waals surface area contributed by atoms with E-state index in [9.17, 15) is 35.5 Å². The lowest BCUT2D eigenvalue weighted by atomic mass is 9.82. The van der Waals surface area contributed by atoms with E-state index in [-0.39, 0.29) is 64.6 Å². The average Bonchev–Trinajstić information content (AvgIpc) is 3.15. The van der Waals surface area contributed by atoms with Crippen molar-refractivity contribution in [3.8, 4) is 0 Å². The molecule has 1 aliphatic rings. The lowest BCUT2D eigenvalue weighted by Gasteiger charge is -2.23. The zero-order valence-electron chi connectivity index (χ0n) is 29.2. The largest absolute Gasteiger partial charge is 0.397 e. The summed E-state index contributed by atoms with van der Waals surface area (Å²) in [6.07, 6.45) is 0. The zero-order valence-corrected chi connectivity index (χ0v) is 30.9. The normalized spacial score (nSPS) is 12.5. The molecule has 5 aromatic rings. The van der Waals surface area contributed by atoms with Gasteiger partial charge in [0.15, 0.2) is 11.6 Å². The van der Waals surface area contributed by atoms with E-state index >= 15 is 0 Å². The molecule has 0 amide bonds. The number of nitrogens with two attached hydrogens (primary N) is 2. The van der Waals surface area contributed by atoms with Crippen LogP contribution in [0.4, 0.5) is 46.3 Å². The number of ketones is 2. The van der Waals surface area contributed by atoms with E-state index in [1.165, 1.54) is 30.3 Å². The van der Waals surface area contributed by atoms with Crippen LogP contribution in [0.25, 0.3) is 0 Å². The van der Waals surface area contributed by atoms with Crippen LogP contribution < -0.4 is 32.7 Å². The highest BCUT2D eigenvalue weighted by atomic mass is 32.2. The highest BCUT2D eigenvalue weighted by Crippen LogP contribution is 2.40. The van der Waals surface area contributed by atoms with Crippen LogP contribution in [0.1, 0.15) is 31.8 Å². The van der Waals surface area contributed by atoms with Gasteiger partial charge in [-0.3, -0.25) is 18.7 Å². The summed E-state index contributed by atoms with van der Waals surface area (Å²) in [5.74, 6) is -1.24. The van der Waals surface area contributed by atoms with Gasteiger partial charge in [-0.05, 0) is 42.5 Å². The molecule has 0 spiro atoms. The Labute approximate surface area is 320 Å². The summed E-state index contributed by atoms with van der Waals surface area (Å²) in [6.45, 7) is 2.05. The number of rotatable bonds is 17. The quantitative estimate of drug-likeness (QED) is 0.0372. The number of nitrogens with one attached hydrogen (secondary N) is 4. The molecule has 0 unspecified atom stereocenters. The Kier molecular flexibility index (Phi) is 11.8. The predicted octanol–water partition coefficient (Wildman–Crippen LogP) is 3.36. The molecule has 56 heavy (non-hydrogen) atoms. The number of nitrogen functional groups attached to an aromatic ring is 1. The number of fused-ring (bicyclic) bond motifs is 2. The Hall–Kier alpha value is -6.07. The maximum Gasteiger partial charge on any atom is 0.296 e. The summed E-state index contributed by atoms with van der Waals surface area (Å²) in [7, 11) is -9.52. The predicted molar refractivity (Wildman–Crippen MR) is 206 cm³/mol. The summed E-state index contributed by atoms with van der Waals surface area (Å²) in [6, 6.07) is 19.0. The molecule has 1 heterocycles. The van der Waals surface area contributed by atoms with Gasteiger partial charge in [-0.15, -0.1) is 0 Å². The molecule has 0 atom stereocenters. The number of hydrogen-bond donors (Lipinski definition) is 8. The fourth-order valence-corrected chi connectivity index (χ4v) is 6.94. The molecule has 0 saturated heterocycles. The number of hydrogen-bond acceptors (Lipinski definition) is 17. The topological polar surface area (TPSA) is 300 Å². The molecule has 1 aliphatic carbocycles. The third-order valence-corrected chi connectivity index (χ3v) is 9.91. The number of para-hydroxylation sites is 1. The number of nitrogens with zero attached hydrogens (tertiary/aromatic N) is 3. The monoisotopic (exact) mass is 805 g/mol. The summed E-state index contributed by atoms with van der Waals surface area (Å²) < 4.78 is 79.1. The van der Waals surface area contributed by atoms with Gasteiger partial charge in [-0.25, -0.2) is 0 Å². The molecule has 0 aliphatic heterocycles. The minimum Gasteiger partial charge on any atom is -0.397 e. The Morgan fingerprint density at radius 2 is 1.14 bits per heavy atom. The first-order chi connectivity index (χ1) is 26.7. The third-order valence-electron chi connectivity index (χ3n) is 8.11. The molecule has 10 N–H and O–H groups in total. The van der Waals surface area contributed by atoms with E-state index in [1.54, 1.807) is 42.5 Å². The van der Waals surface area contributed by atoms with Crippen molar-refractivity contribution in [2.24, 2.45) is 5.73 Å². The van der Waals surface area contributed by atoms with Gasteiger partial charge < -0.3 is 42.2 Å². The molecule has 0 radical (unpaired) electrons. The van der Waals surface area contributed by atoms with Crippen LogP contribution in [0.3, 0.4) is 0 Å². The third kappa shape index (κ3) is 9.06. The van der Waals surface area contributed by atoms with Crippen LogP contribution in [0.15, 0.2) is 88.7 Å². The second-order valence-corrected chi connectivity index (χ2v) is 14.7. The first-order valence-corrected chi connectivity index (χ1v) is 19.6. The van der Waals surface area contributed by atoms with Crippen LogP contribution in [0, 0.1) is 0 Å². The SMILES string of the molecule is NCCOCCOCCNc1nc(Nc2ccc(Nc3cc(S(=O)(=O)O)c(N)c4c3C(=O)c3ccccc3C4=O)cc2)nc(Nc2ccccc2S(=O)(=O)O)n1. The van der Waals surface area contributed by atoms with Crippen molar-refractivity contribution in [2.45, 2.75) is 9.79 Å². The summed E-state index contributed by atoms with van der Waals surface area (Å²) >= 11 is 0. The standard InChI is InChI=1S/C35H35N9O10S2/c36-13-15-53-17-18-54-16-14-38-33-42-34(44-35(43-33)41-24-7-3-4-8-26(24)55(47,48)49)40-21-11-9-20(10-12-21)39-25-19-27(56(50,51)52)30(37)29-28(25)31(45)22-5-1-2-6-23(22)32(29)46/h1-12,19,39H,13-18,36-37H2,(H,47,48,49)(H,50,51,52)(H3,38,40,41,42,43,44). The van der Waals surface area contributed by atoms with E-state index in [2.05, 4.69) is 36.2 Å². The van der Waals surface area contributed by atoms with Crippen LogP contribution in [0.2, 0.25) is 0 Å². The van der Waals surface area contributed by atoms with Crippen LogP contribution in [-0.2, 0) is 29.7 Å². The van der Waals surface area contributed by atoms with E-state index < -0.39 is 47.3 Å². The van der Waals surface area contributed by atoms with Crippen molar-refractivity contribution in [2.75, 3.05) is 66.5 Å². The van der Waals surface area contributed by atoms with Gasteiger partial charge in [-0.1, -0.05) is 36.4 Å². The van der Waals surface area contributed by atoms with Gasteiger partial charge in [0.25, 0.3) is 20.2 Å². The van der Waals surface area contributed by atoms with Crippen molar-refractivity contribution in [3.05, 3.63) is 101 Å². The Balaban J connectivity index is 1.26. The van der Waals surface area contributed by atoms with Crippen molar-refractivity contribution >= 4 is 78.1 Å². The zero-order chi connectivity index (χ0) is 40.0. The average molecular weight is 806 g/mol. The first-order valence-electron chi connectivity index (χ1n) is 16.7. The summed E-state index contributed by atoms with van der Waals surface area (Å²) in [5, 5.41) is 11.8. The minimum atomic E-state index is -4.92. The Morgan fingerprint density at radius 1 is 0.607 bits per heavy atom. The lowest BCUT2D eigenvalue weighted by Crippen LogP contribution is -2.25. The molecule has 4 aromatic carbocycles. The highest BCUT2D eigenvalue weighted by molar-refractivity contribution is 7.86. The number of aromatic nitrogens is 3. The maximum absolute atomic E-state index is 13.7. The van der Waals surface area contributed by atoms with Gasteiger partial charge >= 0.3 is 0 Å². The van der Waals surface area contributed by atoms with Crippen LogP contribution >= 0.6 is 0 Å². The molecule has 0 fully saturated rings. The Morgan fingerprint density at radius 3 is 1.77 bits per heavy atom. The molecule has 0 saturated carbocycles. The van der Waals surface area contributed by atoms with E-state index in [0.29, 0.717) is 37.7 Å². The minimum absolute atomic E-state index is 0.0000202. The number of carbonyl (C=O) groups excluding carboxylic acids is 2. The van der Waals surface area contributed by atoms with Gasteiger partial charge in [0.2, 0.25) is 17.8 Å². The van der Waals surface area contributed by atoms with E-state index in [0.717, 1.165) is 6.07 Å². The molecule has 21 heteroatoms. The second kappa shape index (κ2) is 16.7. The van der Waals surface area contributed by atoms with Crippen molar-refractivity contribution in [3.63, 3.8) is 0 Å². The summed E-state index contributed by atoms with van der Waals surface area (Å²) in [4.78, 5) is 39.1. The van der Waals surface area contributed by atoms with Crippen molar-refractivity contribution in [1.29, 1.82) is 0 Å². The smallest absolute Gasteiger partial charge is 0.296 e. The molecule has 6 rings (SSSR count). The Bertz CT molecular complexity index is 2520. The van der Waals surface area contributed by atoms with Crippen LogP contribution in [-0.4, -0.2) is 92.0 Å². The highest BCUT2D eigenvalue weighted by Gasteiger charge is 2.36. The van der Waals surface area contributed by atoms with Crippen LogP contribution in [0.5, 0.6) is 0 Å². The maximum atomic E-state index is 13.7. The van der Waals surface area contributed by atoms with Gasteiger partial charge in [-0.2, -0.15) is 31.8 Å². The molecular formula is C35H35N9O10S2. The van der Waals surface area contributed by atoms with Crippen molar-refractivity contribution in [1.82, 2.24) is 15.0 Å². The fourth-order valence-electron chi connectivity index (χ4n) is 5.65. The van der Waals surface area contributed by atoms with Crippen molar-refractivity contribution < 1.29 is 45.0 Å². The number of ether oxygens (including phenoxy) is 2. The molecule has 19 nitrogen and oxygen atoms in total. The van der Waals surface area contributed by atoms with E-state index in [4.69, 9.17) is 20.9 Å². The van der Waals surface area contributed by atoms with E-state index in [1.807, 2.05) is 0 Å².